The molecule has 6 nitrogen and oxygen atoms in total. The molecule has 2 aromatic carbocycles. The molecule has 1 aromatic heterocycles. The summed E-state index contributed by atoms with van der Waals surface area (Å²) >= 11 is 5.73. The van der Waals surface area contributed by atoms with Gasteiger partial charge in [0.05, 0.1) is 23.8 Å². The van der Waals surface area contributed by atoms with Crippen molar-refractivity contribution in [3.05, 3.63) is 70.6 Å². The number of nitrogens with zero attached hydrogens (tertiary/aromatic N) is 1. The fraction of sp³-hybridized carbons (Fsp3) is 0.273. The Hall–Kier alpha value is -2.74. The van der Waals surface area contributed by atoms with Crippen LogP contribution in [0.1, 0.15) is 35.8 Å². The number of carbonyl (C=O) groups is 1. The van der Waals surface area contributed by atoms with Crippen LogP contribution in [-0.2, 0) is 0 Å². The number of hydrogen-bond donors (Lipinski definition) is 4. The average Bonchev–Trinajstić information content (AvgIpc) is 2.73. The summed E-state index contributed by atoms with van der Waals surface area (Å²) in [6.45, 7) is 3.31. The maximum absolute atomic E-state index is 13.8. The van der Waals surface area contributed by atoms with Crippen LogP contribution >= 0.6 is 11.6 Å². The Labute approximate surface area is 178 Å². The van der Waals surface area contributed by atoms with Gasteiger partial charge in [-0.15, -0.1) is 0 Å². The van der Waals surface area contributed by atoms with Crippen molar-refractivity contribution in [1.29, 1.82) is 0 Å². The maximum atomic E-state index is 13.8. The molecule has 3 unspecified atom stereocenters. The van der Waals surface area contributed by atoms with Gasteiger partial charge in [0.15, 0.2) is 0 Å². The number of hydrogen-bond acceptors (Lipinski definition) is 5. The molecule has 0 aliphatic heterocycles. The highest BCUT2D eigenvalue weighted by Gasteiger charge is 2.22. The van der Waals surface area contributed by atoms with Crippen LogP contribution < -0.4 is 10.6 Å². The fourth-order valence-corrected chi connectivity index (χ4v) is 3.19. The van der Waals surface area contributed by atoms with E-state index in [1.54, 1.807) is 36.5 Å². The molecular formula is C22H23ClFN3O3. The highest BCUT2D eigenvalue weighted by molar-refractivity contribution is 6.30. The van der Waals surface area contributed by atoms with Gasteiger partial charge in [-0.05, 0) is 55.1 Å². The SMILES string of the molecule is CC(CO)Nc1cc2cc(C(=O)NC(c3ccc(Cl)c(F)c3)C(C)O)ccc2cn1. The first-order valence-electron chi connectivity index (χ1n) is 9.49. The summed E-state index contributed by atoms with van der Waals surface area (Å²) in [6, 6.07) is 10.1. The second-order valence-electron chi connectivity index (χ2n) is 7.22. The molecule has 0 fully saturated rings. The lowest BCUT2D eigenvalue weighted by Gasteiger charge is -2.22. The van der Waals surface area contributed by atoms with Crippen molar-refractivity contribution in [2.45, 2.75) is 32.0 Å². The molecule has 3 aromatic rings. The number of aromatic nitrogens is 1. The first-order chi connectivity index (χ1) is 14.3. The first kappa shape index (κ1) is 22.0. The van der Waals surface area contributed by atoms with Crippen molar-refractivity contribution in [3.63, 3.8) is 0 Å². The molecule has 8 heteroatoms. The molecule has 4 N–H and O–H groups in total. The third kappa shape index (κ3) is 5.05. The van der Waals surface area contributed by atoms with E-state index in [4.69, 9.17) is 11.6 Å². The Morgan fingerprint density at radius 1 is 1.17 bits per heavy atom. The van der Waals surface area contributed by atoms with Crippen LogP contribution in [0.2, 0.25) is 5.02 Å². The smallest absolute Gasteiger partial charge is 0.251 e. The van der Waals surface area contributed by atoms with Gasteiger partial charge >= 0.3 is 0 Å². The monoisotopic (exact) mass is 431 g/mol. The van der Waals surface area contributed by atoms with E-state index in [0.717, 1.165) is 10.8 Å². The third-order valence-electron chi connectivity index (χ3n) is 4.72. The molecule has 0 spiro atoms. The number of fused-ring (bicyclic) bond motifs is 1. The molecule has 0 aliphatic carbocycles. The molecule has 30 heavy (non-hydrogen) atoms. The molecule has 0 bridgehead atoms. The van der Waals surface area contributed by atoms with Crippen LogP contribution in [0.3, 0.4) is 0 Å². The molecule has 1 amide bonds. The average molecular weight is 432 g/mol. The zero-order valence-corrected chi connectivity index (χ0v) is 17.3. The lowest BCUT2D eigenvalue weighted by Crippen LogP contribution is -2.35. The number of rotatable bonds is 7. The van der Waals surface area contributed by atoms with E-state index >= 15 is 0 Å². The van der Waals surface area contributed by atoms with Gasteiger partial charge in [-0.25, -0.2) is 9.37 Å². The van der Waals surface area contributed by atoms with E-state index in [2.05, 4.69) is 15.6 Å². The Morgan fingerprint density at radius 2 is 1.93 bits per heavy atom. The van der Waals surface area contributed by atoms with Gasteiger partial charge < -0.3 is 20.8 Å². The zero-order chi connectivity index (χ0) is 21.8. The number of anilines is 1. The summed E-state index contributed by atoms with van der Waals surface area (Å²) in [5.41, 5.74) is 0.796. The third-order valence-corrected chi connectivity index (χ3v) is 5.03. The maximum Gasteiger partial charge on any atom is 0.251 e. The van der Waals surface area contributed by atoms with Crippen LogP contribution in [0.25, 0.3) is 10.8 Å². The topological polar surface area (TPSA) is 94.5 Å². The molecule has 3 atom stereocenters. The van der Waals surface area contributed by atoms with Gasteiger partial charge in [0, 0.05) is 23.2 Å². The first-order valence-corrected chi connectivity index (χ1v) is 9.87. The Kier molecular flexibility index (Phi) is 6.87. The number of amides is 1. The van der Waals surface area contributed by atoms with Gasteiger partial charge in [0.1, 0.15) is 11.6 Å². The largest absolute Gasteiger partial charge is 0.394 e. The number of aliphatic hydroxyl groups excluding tert-OH is 2. The lowest BCUT2D eigenvalue weighted by atomic mass is 10.0. The summed E-state index contributed by atoms with van der Waals surface area (Å²) in [6.07, 6.45) is 0.730. The molecule has 0 saturated heterocycles. The van der Waals surface area contributed by atoms with Crippen LogP contribution in [0, 0.1) is 5.82 Å². The van der Waals surface area contributed by atoms with Crippen molar-refractivity contribution >= 4 is 34.1 Å². The van der Waals surface area contributed by atoms with Gasteiger partial charge in [-0.3, -0.25) is 4.79 Å². The second kappa shape index (κ2) is 9.38. The summed E-state index contributed by atoms with van der Waals surface area (Å²) in [7, 11) is 0. The van der Waals surface area contributed by atoms with Crippen molar-refractivity contribution in [2.75, 3.05) is 11.9 Å². The highest BCUT2D eigenvalue weighted by Crippen LogP contribution is 2.24. The van der Waals surface area contributed by atoms with Crippen molar-refractivity contribution in [3.8, 4) is 0 Å². The minimum Gasteiger partial charge on any atom is -0.394 e. The summed E-state index contributed by atoms with van der Waals surface area (Å²) in [5.74, 6) is -0.447. The highest BCUT2D eigenvalue weighted by atomic mass is 35.5. The molecule has 0 aliphatic rings. The number of halogens is 2. The minimum absolute atomic E-state index is 0.0301. The molecule has 0 saturated carbocycles. The van der Waals surface area contributed by atoms with Crippen molar-refractivity contribution in [2.24, 2.45) is 0 Å². The lowest BCUT2D eigenvalue weighted by molar-refractivity contribution is 0.0858. The van der Waals surface area contributed by atoms with Gasteiger partial charge in [0.25, 0.3) is 5.91 Å². The van der Waals surface area contributed by atoms with Crippen LogP contribution in [0.5, 0.6) is 0 Å². The predicted octanol–water partition coefficient (Wildman–Crippen LogP) is 3.67. The van der Waals surface area contributed by atoms with Crippen molar-refractivity contribution in [1.82, 2.24) is 10.3 Å². The number of carbonyl (C=O) groups excluding carboxylic acids is 1. The normalized spacial score (nSPS) is 14.2. The van der Waals surface area contributed by atoms with Crippen LogP contribution in [0.4, 0.5) is 10.2 Å². The molecule has 1 heterocycles. The van der Waals surface area contributed by atoms with Gasteiger partial charge in [0.2, 0.25) is 0 Å². The van der Waals surface area contributed by atoms with E-state index in [-0.39, 0.29) is 17.7 Å². The van der Waals surface area contributed by atoms with Crippen molar-refractivity contribution < 1.29 is 19.4 Å². The summed E-state index contributed by atoms with van der Waals surface area (Å²) in [5, 5.41) is 26.7. The molecule has 0 radical (unpaired) electrons. The summed E-state index contributed by atoms with van der Waals surface area (Å²) in [4.78, 5) is 17.1. The van der Waals surface area contributed by atoms with E-state index in [0.29, 0.717) is 16.9 Å². The Morgan fingerprint density at radius 3 is 2.60 bits per heavy atom. The standard InChI is InChI=1S/C22H23ClFN3O3/c1-12(11-28)26-20-9-17-7-15(3-4-16(17)10-25-20)22(30)27-21(13(2)29)14-5-6-18(23)19(24)8-14/h3-10,12-13,21,28-29H,11H2,1-2H3,(H,25,26)(H,27,30). The molecular weight excluding hydrogens is 409 g/mol. The number of aliphatic hydroxyl groups is 2. The van der Waals surface area contributed by atoms with E-state index in [9.17, 15) is 19.4 Å². The van der Waals surface area contributed by atoms with E-state index < -0.39 is 23.9 Å². The van der Waals surface area contributed by atoms with Crippen LogP contribution in [-0.4, -0.2) is 39.9 Å². The molecule has 3 rings (SSSR count). The minimum atomic E-state index is -0.949. The van der Waals surface area contributed by atoms with Gasteiger partial charge in [-0.2, -0.15) is 0 Å². The van der Waals surface area contributed by atoms with Crippen LogP contribution in [0.15, 0.2) is 48.7 Å². The van der Waals surface area contributed by atoms with E-state index in [1.165, 1.54) is 19.1 Å². The Bertz CT molecular complexity index is 1060. The quantitative estimate of drug-likeness (QED) is 0.458. The van der Waals surface area contributed by atoms with E-state index in [1.807, 2.05) is 6.92 Å². The second-order valence-corrected chi connectivity index (χ2v) is 7.63. The number of nitrogens with one attached hydrogen (secondary N) is 2. The predicted molar refractivity (Wildman–Crippen MR) is 115 cm³/mol. The number of pyridine rings is 1. The summed E-state index contributed by atoms with van der Waals surface area (Å²) < 4.78 is 13.8. The fourth-order valence-electron chi connectivity index (χ4n) is 3.07. The molecule has 158 valence electrons. The zero-order valence-electron chi connectivity index (χ0n) is 16.6. The number of benzene rings is 2. The van der Waals surface area contributed by atoms with Gasteiger partial charge in [-0.1, -0.05) is 23.7 Å². The Balaban J connectivity index is 1.85.